The number of nitrogens with zero attached hydrogens (tertiary/aromatic N) is 5. The Balaban J connectivity index is 0.00000150. The zero-order valence-corrected chi connectivity index (χ0v) is 20.2. The van der Waals surface area contributed by atoms with Crippen LogP contribution >= 0.6 is 48.6 Å². The van der Waals surface area contributed by atoms with Crippen LogP contribution in [0.1, 0.15) is 11.8 Å². The van der Waals surface area contributed by atoms with Crippen LogP contribution in [-0.4, -0.2) is 53.1 Å². The van der Waals surface area contributed by atoms with Gasteiger partial charge in [-0.3, -0.25) is 0 Å². The lowest BCUT2D eigenvalue weighted by molar-refractivity contribution is 0.313. The van der Waals surface area contributed by atoms with Gasteiger partial charge in [0.05, 0.1) is 11.9 Å². The van der Waals surface area contributed by atoms with E-state index in [0.717, 1.165) is 54.9 Å². The van der Waals surface area contributed by atoms with Crippen LogP contribution in [-0.2, 0) is 6.42 Å². The number of piperazine rings is 1. The molecule has 0 atom stereocenters. The molecule has 0 aliphatic carbocycles. The summed E-state index contributed by atoms with van der Waals surface area (Å²) >= 11 is 1.69. The van der Waals surface area contributed by atoms with Gasteiger partial charge in [0.25, 0.3) is 0 Å². The highest BCUT2D eigenvalue weighted by atomic mass is 35.5. The number of pyridine rings is 2. The molecule has 0 spiro atoms. The highest BCUT2D eigenvalue weighted by Crippen LogP contribution is 2.26. The first-order valence-corrected chi connectivity index (χ1v) is 10.1. The van der Waals surface area contributed by atoms with Gasteiger partial charge in [0.1, 0.15) is 22.3 Å². The summed E-state index contributed by atoms with van der Waals surface area (Å²) in [6.07, 6.45) is 4.87. The van der Waals surface area contributed by atoms with Crippen molar-refractivity contribution in [1.82, 2.24) is 19.9 Å². The van der Waals surface area contributed by atoms with E-state index in [2.05, 4.69) is 50.1 Å². The molecule has 164 valence electrons. The maximum atomic E-state index is 4.69. The third-order valence-electron chi connectivity index (χ3n) is 4.74. The molecule has 1 fully saturated rings. The maximum Gasteiger partial charge on any atom is 0.142 e. The highest BCUT2D eigenvalue weighted by molar-refractivity contribution is 7.15. The predicted octanol–water partition coefficient (Wildman–Crippen LogP) is 4.92. The molecule has 1 aliphatic rings. The fraction of sp³-hybridized carbons (Fsp3) is 0.350. The second-order valence-electron chi connectivity index (χ2n) is 6.71. The van der Waals surface area contributed by atoms with Crippen molar-refractivity contribution in [1.29, 1.82) is 0 Å². The van der Waals surface area contributed by atoms with Crippen molar-refractivity contribution < 1.29 is 0 Å². The van der Waals surface area contributed by atoms with E-state index in [1.54, 1.807) is 11.3 Å². The van der Waals surface area contributed by atoms with Gasteiger partial charge in [0, 0.05) is 37.3 Å². The molecule has 30 heavy (non-hydrogen) atoms. The van der Waals surface area contributed by atoms with Crippen molar-refractivity contribution in [2.75, 3.05) is 43.4 Å². The number of anilines is 3. The molecule has 1 saturated heterocycles. The van der Waals surface area contributed by atoms with Crippen LogP contribution in [0.2, 0.25) is 0 Å². The molecule has 10 heteroatoms. The summed E-state index contributed by atoms with van der Waals surface area (Å²) in [5.41, 5.74) is 2.06. The lowest BCUT2D eigenvalue weighted by Crippen LogP contribution is -2.44. The van der Waals surface area contributed by atoms with Crippen LogP contribution in [0.3, 0.4) is 0 Å². The molecule has 4 heterocycles. The first kappa shape index (κ1) is 26.4. The standard InChI is InChI=1S/C20H24N6S.3ClH/c1-3-16-14-22-20(27-16)17-5-4-6-19(23-17)24-18-8-7-15(13-21-18)26-11-9-25(2)10-12-26;;;/h4-8,13-14H,3,9-12H2,1-2H3,(H,21,23,24);3*1H. The Morgan fingerprint density at radius 3 is 2.33 bits per heavy atom. The van der Waals surface area contributed by atoms with Gasteiger partial charge in [0.15, 0.2) is 0 Å². The van der Waals surface area contributed by atoms with E-state index in [1.165, 1.54) is 10.6 Å². The predicted molar refractivity (Wildman–Crippen MR) is 134 cm³/mol. The van der Waals surface area contributed by atoms with Gasteiger partial charge in [-0.15, -0.1) is 48.6 Å². The summed E-state index contributed by atoms with van der Waals surface area (Å²) < 4.78 is 0. The molecule has 1 aliphatic heterocycles. The third kappa shape index (κ3) is 6.43. The molecule has 6 nitrogen and oxygen atoms in total. The monoisotopic (exact) mass is 488 g/mol. The molecule has 0 saturated carbocycles. The molecule has 4 rings (SSSR count). The summed E-state index contributed by atoms with van der Waals surface area (Å²) in [4.78, 5) is 19.7. The normalized spacial score (nSPS) is 13.6. The lowest BCUT2D eigenvalue weighted by Gasteiger charge is -2.33. The first-order valence-electron chi connectivity index (χ1n) is 9.30. The average Bonchev–Trinajstić information content (AvgIpc) is 3.19. The van der Waals surface area contributed by atoms with E-state index >= 15 is 0 Å². The van der Waals surface area contributed by atoms with E-state index in [1.807, 2.05) is 36.7 Å². The number of halogens is 3. The summed E-state index contributed by atoms with van der Waals surface area (Å²) in [6, 6.07) is 10.1. The van der Waals surface area contributed by atoms with E-state index in [0.29, 0.717) is 0 Å². The molecule has 0 aromatic carbocycles. The molecule has 3 aromatic rings. The van der Waals surface area contributed by atoms with E-state index in [-0.39, 0.29) is 37.2 Å². The van der Waals surface area contributed by atoms with E-state index < -0.39 is 0 Å². The molecule has 0 bridgehead atoms. The smallest absolute Gasteiger partial charge is 0.142 e. The van der Waals surface area contributed by atoms with Crippen LogP contribution in [0.4, 0.5) is 17.3 Å². The molecule has 0 unspecified atom stereocenters. The Morgan fingerprint density at radius 2 is 1.70 bits per heavy atom. The number of aromatic nitrogens is 3. The number of hydrogen-bond acceptors (Lipinski definition) is 7. The van der Waals surface area contributed by atoms with Crippen molar-refractivity contribution in [2.24, 2.45) is 0 Å². The van der Waals surface area contributed by atoms with Crippen molar-refractivity contribution in [3.05, 3.63) is 47.6 Å². The molecular formula is C20H27Cl3N6S. The Hall–Kier alpha value is -1.64. The molecule has 0 radical (unpaired) electrons. The fourth-order valence-electron chi connectivity index (χ4n) is 3.06. The summed E-state index contributed by atoms with van der Waals surface area (Å²) in [7, 11) is 2.17. The van der Waals surface area contributed by atoms with Crippen LogP contribution in [0.15, 0.2) is 42.7 Å². The Bertz CT molecular complexity index is 898. The number of rotatable bonds is 5. The van der Waals surface area contributed by atoms with Gasteiger partial charge in [-0.25, -0.2) is 15.0 Å². The maximum absolute atomic E-state index is 4.69. The van der Waals surface area contributed by atoms with Gasteiger partial charge < -0.3 is 15.1 Å². The fourth-order valence-corrected chi connectivity index (χ4v) is 3.88. The van der Waals surface area contributed by atoms with Crippen molar-refractivity contribution >= 4 is 65.9 Å². The largest absolute Gasteiger partial charge is 0.368 e. The van der Waals surface area contributed by atoms with Crippen LogP contribution < -0.4 is 10.2 Å². The second kappa shape index (κ2) is 12.3. The lowest BCUT2D eigenvalue weighted by atomic mass is 10.3. The molecule has 1 N–H and O–H groups in total. The van der Waals surface area contributed by atoms with Crippen molar-refractivity contribution in [3.63, 3.8) is 0 Å². The van der Waals surface area contributed by atoms with Crippen LogP contribution in [0.5, 0.6) is 0 Å². The van der Waals surface area contributed by atoms with E-state index in [4.69, 9.17) is 0 Å². The number of aryl methyl sites for hydroxylation is 1. The molecule has 3 aromatic heterocycles. The third-order valence-corrected chi connectivity index (χ3v) is 5.91. The quantitative estimate of drug-likeness (QED) is 0.549. The number of hydrogen-bond donors (Lipinski definition) is 1. The van der Waals surface area contributed by atoms with Gasteiger partial charge in [0.2, 0.25) is 0 Å². The van der Waals surface area contributed by atoms with Gasteiger partial charge in [-0.2, -0.15) is 0 Å². The summed E-state index contributed by atoms with van der Waals surface area (Å²) in [5.74, 6) is 1.58. The zero-order valence-electron chi connectivity index (χ0n) is 16.9. The number of thiazole rings is 1. The Morgan fingerprint density at radius 1 is 0.933 bits per heavy atom. The highest BCUT2D eigenvalue weighted by Gasteiger charge is 2.14. The Kier molecular flexibility index (Phi) is 10.8. The van der Waals surface area contributed by atoms with Crippen LogP contribution in [0.25, 0.3) is 10.7 Å². The molecule has 0 amide bonds. The van der Waals surface area contributed by atoms with Crippen LogP contribution in [0, 0.1) is 0 Å². The van der Waals surface area contributed by atoms with Gasteiger partial charge in [-0.05, 0) is 37.7 Å². The minimum absolute atomic E-state index is 0. The number of likely N-dealkylation sites (N-methyl/N-ethyl adjacent to an activating group) is 1. The van der Waals surface area contributed by atoms with Crippen molar-refractivity contribution in [2.45, 2.75) is 13.3 Å². The minimum atomic E-state index is 0. The molecular weight excluding hydrogens is 463 g/mol. The topological polar surface area (TPSA) is 57.2 Å². The zero-order chi connectivity index (χ0) is 18.6. The summed E-state index contributed by atoms with van der Waals surface area (Å²) in [6.45, 7) is 6.41. The summed E-state index contributed by atoms with van der Waals surface area (Å²) in [5, 5.41) is 4.25. The average molecular weight is 490 g/mol. The number of nitrogens with one attached hydrogen (secondary N) is 1. The first-order chi connectivity index (χ1) is 13.2. The van der Waals surface area contributed by atoms with Gasteiger partial charge >= 0.3 is 0 Å². The van der Waals surface area contributed by atoms with Gasteiger partial charge in [-0.1, -0.05) is 13.0 Å². The SMILES string of the molecule is CCc1cnc(-c2cccc(Nc3ccc(N4CCN(C)CC4)cn3)n2)s1.Cl.Cl.Cl. The minimum Gasteiger partial charge on any atom is -0.368 e. The van der Waals surface area contributed by atoms with E-state index in [9.17, 15) is 0 Å². The Labute approximate surface area is 200 Å². The van der Waals surface area contributed by atoms with Crippen molar-refractivity contribution in [3.8, 4) is 10.7 Å². The second-order valence-corrected chi connectivity index (χ2v) is 7.83.